The second kappa shape index (κ2) is 6.91. The summed E-state index contributed by atoms with van der Waals surface area (Å²) >= 11 is 1.63. The number of anilines is 1. The maximum atomic E-state index is 13.2. The Morgan fingerprint density at radius 3 is 2.80 bits per heavy atom. The molecule has 0 saturated carbocycles. The van der Waals surface area contributed by atoms with Gasteiger partial charge in [0, 0.05) is 34.8 Å². The number of rotatable bonds is 3. The van der Waals surface area contributed by atoms with E-state index in [9.17, 15) is 9.59 Å². The zero-order valence-electron chi connectivity index (χ0n) is 17.6. The number of likely N-dealkylation sites (N-methyl/N-ethyl adjacent to an activating group) is 1. The van der Waals surface area contributed by atoms with E-state index in [-0.39, 0.29) is 23.3 Å². The number of hydrogen-bond acceptors (Lipinski definition) is 5. The van der Waals surface area contributed by atoms with E-state index in [2.05, 4.69) is 35.9 Å². The molecular weight excluding hydrogens is 394 g/mol. The fraction of sp³-hybridized carbons (Fsp3) is 0.375. The van der Waals surface area contributed by atoms with Crippen LogP contribution in [0.5, 0.6) is 0 Å². The van der Waals surface area contributed by atoms with Gasteiger partial charge in [-0.1, -0.05) is 32.0 Å². The van der Waals surface area contributed by atoms with Gasteiger partial charge in [-0.2, -0.15) is 0 Å². The van der Waals surface area contributed by atoms with Crippen LogP contribution in [0, 0.1) is 0 Å². The van der Waals surface area contributed by atoms with Crippen molar-refractivity contribution < 1.29 is 4.79 Å². The fourth-order valence-corrected chi connectivity index (χ4v) is 6.14. The van der Waals surface area contributed by atoms with Crippen LogP contribution < -0.4 is 10.5 Å². The summed E-state index contributed by atoms with van der Waals surface area (Å²) in [4.78, 5) is 34.8. The highest BCUT2D eigenvalue weighted by Crippen LogP contribution is 2.46. The summed E-state index contributed by atoms with van der Waals surface area (Å²) in [6.45, 7) is 4.27. The monoisotopic (exact) mass is 419 g/mol. The molecule has 1 aromatic carbocycles. The Hall–Kier alpha value is -2.73. The van der Waals surface area contributed by atoms with Crippen molar-refractivity contribution in [1.82, 2.24) is 9.55 Å². The lowest BCUT2D eigenvalue weighted by atomic mass is 9.83. The van der Waals surface area contributed by atoms with Crippen molar-refractivity contribution in [2.45, 2.75) is 51.5 Å². The summed E-state index contributed by atoms with van der Waals surface area (Å²) in [7, 11) is 1.99. The lowest BCUT2D eigenvalue weighted by Crippen LogP contribution is -2.27. The van der Waals surface area contributed by atoms with E-state index in [1.54, 1.807) is 17.4 Å². The summed E-state index contributed by atoms with van der Waals surface area (Å²) in [6.07, 6.45) is 7.47. The van der Waals surface area contributed by atoms with Crippen molar-refractivity contribution in [1.29, 1.82) is 0 Å². The van der Waals surface area contributed by atoms with Crippen LogP contribution in [0.1, 0.15) is 42.7 Å². The highest BCUT2D eigenvalue weighted by molar-refractivity contribution is 7.18. The predicted octanol–water partition coefficient (Wildman–Crippen LogP) is 4.22. The molecule has 0 saturated heterocycles. The van der Waals surface area contributed by atoms with Crippen molar-refractivity contribution >= 4 is 33.0 Å². The van der Waals surface area contributed by atoms with E-state index >= 15 is 0 Å². The van der Waals surface area contributed by atoms with Gasteiger partial charge in [0.15, 0.2) is 5.78 Å². The van der Waals surface area contributed by atoms with Crippen LogP contribution in [0.4, 0.5) is 5.69 Å². The first-order valence-corrected chi connectivity index (χ1v) is 11.3. The van der Waals surface area contributed by atoms with Gasteiger partial charge in [0.25, 0.3) is 5.56 Å². The first-order valence-electron chi connectivity index (χ1n) is 10.5. The predicted molar refractivity (Wildman–Crippen MR) is 121 cm³/mol. The minimum absolute atomic E-state index is 0.0101. The number of allylic oxidation sites excluding steroid dienone is 2. The Kier molecular flexibility index (Phi) is 4.43. The van der Waals surface area contributed by atoms with Gasteiger partial charge in [-0.05, 0) is 42.9 Å². The number of benzene rings is 1. The van der Waals surface area contributed by atoms with E-state index in [4.69, 9.17) is 0 Å². The minimum atomic E-state index is -0.263. The zero-order valence-corrected chi connectivity index (χ0v) is 18.4. The topological polar surface area (TPSA) is 55.2 Å². The van der Waals surface area contributed by atoms with Gasteiger partial charge in [-0.25, -0.2) is 4.98 Å². The Morgan fingerprint density at radius 2 is 2.00 bits per heavy atom. The Morgan fingerprint density at radius 1 is 1.23 bits per heavy atom. The molecule has 0 N–H and O–H groups in total. The molecule has 1 aliphatic heterocycles. The Balaban J connectivity index is 1.49. The lowest BCUT2D eigenvalue weighted by Gasteiger charge is -2.24. The third-order valence-corrected chi connectivity index (χ3v) is 7.71. The van der Waals surface area contributed by atoms with Gasteiger partial charge in [0.1, 0.15) is 4.83 Å². The summed E-state index contributed by atoms with van der Waals surface area (Å²) in [6, 6.07) is 8.23. The van der Waals surface area contributed by atoms with Crippen LogP contribution in [0.3, 0.4) is 0 Å². The van der Waals surface area contributed by atoms with Crippen molar-refractivity contribution in [2.24, 2.45) is 0 Å². The molecule has 5 nitrogen and oxygen atoms in total. The number of hydrogen-bond donors (Lipinski definition) is 0. The number of thiophene rings is 1. The normalized spacial score (nSPS) is 18.6. The largest absolute Gasteiger partial charge is 0.347 e. The van der Waals surface area contributed by atoms with Crippen LogP contribution in [0.25, 0.3) is 10.2 Å². The summed E-state index contributed by atoms with van der Waals surface area (Å²) in [5.74, 6) is -0.0925. The molecule has 2 aliphatic rings. The van der Waals surface area contributed by atoms with E-state index in [1.165, 1.54) is 27.8 Å². The maximum absolute atomic E-state index is 13.2. The Bertz CT molecular complexity index is 1270. The molecule has 154 valence electrons. The van der Waals surface area contributed by atoms with Crippen molar-refractivity contribution in [3.8, 4) is 0 Å². The summed E-state index contributed by atoms with van der Waals surface area (Å²) < 4.78 is 1.47. The highest BCUT2D eigenvalue weighted by Gasteiger charge is 2.38. The third-order valence-electron chi connectivity index (χ3n) is 6.51. The van der Waals surface area contributed by atoms with Crippen LogP contribution in [0.15, 0.2) is 47.2 Å². The van der Waals surface area contributed by atoms with Crippen molar-refractivity contribution in [3.63, 3.8) is 0 Å². The maximum Gasteiger partial charge on any atom is 0.262 e. The number of carbonyl (C=O) groups excluding carboxylic acids is 1. The molecule has 3 aromatic rings. The fourth-order valence-electron chi connectivity index (χ4n) is 4.92. The van der Waals surface area contributed by atoms with E-state index in [0.717, 1.165) is 46.4 Å². The van der Waals surface area contributed by atoms with Gasteiger partial charge in [0.2, 0.25) is 0 Å². The van der Waals surface area contributed by atoms with Gasteiger partial charge >= 0.3 is 0 Å². The Labute approximate surface area is 179 Å². The van der Waals surface area contributed by atoms with E-state index in [1.807, 2.05) is 19.2 Å². The van der Waals surface area contributed by atoms with Gasteiger partial charge in [-0.15, -0.1) is 11.3 Å². The summed E-state index contributed by atoms with van der Waals surface area (Å²) in [5.41, 5.74) is 4.08. The molecule has 0 fully saturated rings. The number of aromatic nitrogens is 2. The van der Waals surface area contributed by atoms with Crippen LogP contribution in [-0.4, -0.2) is 22.4 Å². The smallest absolute Gasteiger partial charge is 0.262 e. The van der Waals surface area contributed by atoms with Gasteiger partial charge < -0.3 is 4.90 Å². The molecule has 3 heterocycles. The average molecular weight is 420 g/mol. The molecule has 0 atom stereocenters. The first kappa shape index (κ1) is 19.2. The SMILES string of the molecule is CN1C(=CC(=O)Cn2cnc3sc4c(c3c2=O)CCCC4)C(C)(C)c2ccccc21. The zero-order chi connectivity index (χ0) is 21.0. The number of para-hydroxylation sites is 1. The first-order chi connectivity index (χ1) is 14.4. The number of carbonyl (C=O) groups is 1. The third kappa shape index (κ3) is 2.85. The second-order valence-corrected chi connectivity index (χ2v) is 9.85. The number of fused-ring (bicyclic) bond motifs is 4. The number of nitrogens with zero attached hydrogens (tertiary/aromatic N) is 3. The van der Waals surface area contributed by atoms with Crippen LogP contribution >= 0.6 is 11.3 Å². The molecular formula is C24H25N3O2S. The van der Waals surface area contributed by atoms with Crippen LogP contribution in [0.2, 0.25) is 0 Å². The molecule has 0 bridgehead atoms. The molecule has 0 unspecified atom stereocenters. The van der Waals surface area contributed by atoms with E-state index < -0.39 is 0 Å². The minimum Gasteiger partial charge on any atom is -0.347 e. The molecule has 6 heteroatoms. The molecule has 0 amide bonds. The van der Waals surface area contributed by atoms with Crippen LogP contribution in [-0.2, 0) is 29.6 Å². The van der Waals surface area contributed by atoms with Crippen molar-refractivity contribution in [2.75, 3.05) is 11.9 Å². The number of ketones is 1. The second-order valence-electron chi connectivity index (χ2n) is 8.77. The molecule has 0 radical (unpaired) electrons. The van der Waals surface area contributed by atoms with Crippen molar-refractivity contribution in [3.05, 3.63) is 68.7 Å². The molecule has 30 heavy (non-hydrogen) atoms. The molecule has 5 rings (SSSR count). The highest BCUT2D eigenvalue weighted by atomic mass is 32.1. The average Bonchev–Trinajstić information content (AvgIpc) is 3.20. The molecule has 1 aliphatic carbocycles. The number of aryl methyl sites for hydroxylation is 2. The van der Waals surface area contributed by atoms with E-state index in [0.29, 0.717) is 0 Å². The molecule has 2 aromatic heterocycles. The quantitative estimate of drug-likeness (QED) is 0.597. The standard InChI is InChI=1S/C24H25N3O2S/c1-24(2)17-9-5-6-10-18(17)26(3)20(24)12-15(28)13-27-14-25-22-21(23(27)29)16-8-4-7-11-19(16)30-22/h5-6,9-10,12,14H,4,7-8,11,13H2,1-3H3. The van der Waals surface area contributed by atoms with Gasteiger partial charge in [0.05, 0.1) is 18.3 Å². The van der Waals surface area contributed by atoms with Gasteiger partial charge in [-0.3, -0.25) is 14.2 Å². The lowest BCUT2D eigenvalue weighted by molar-refractivity contribution is -0.115. The summed E-state index contributed by atoms with van der Waals surface area (Å²) in [5, 5.41) is 0.725. The molecule has 0 spiro atoms.